The average Bonchev–Trinajstić information content (AvgIpc) is 3.93. The van der Waals surface area contributed by atoms with E-state index in [-0.39, 0.29) is 0 Å². The number of fused-ring (bicyclic) bond motifs is 15. The lowest BCUT2D eigenvalue weighted by Crippen LogP contribution is -1.94. The minimum Gasteiger partial charge on any atom is -0.456 e. The van der Waals surface area contributed by atoms with E-state index in [1.54, 1.807) is 0 Å². The number of hydrogen-bond donors (Lipinski definition) is 0. The number of nitrogens with zero attached hydrogens (tertiary/aromatic N) is 2. The molecule has 13 rings (SSSR count). The van der Waals surface area contributed by atoms with Crippen LogP contribution in [0.4, 0.5) is 0 Å². The molecule has 3 aromatic heterocycles. The Bertz CT molecular complexity index is 3780. The monoisotopic (exact) mass is 724 g/mol. The van der Waals surface area contributed by atoms with E-state index in [1.807, 2.05) is 12.1 Å². The SMILES string of the molecule is c1ccc2c(c1)oc1ccc(-n3c4ccccc4c4cc(-c5ccc6c(c5)c5ccccc5n6-c5ccc6c7ccccc7c7ccccc7c6c5)ccc43)cc12. The topological polar surface area (TPSA) is 23.0 Å². The third-order valence-electron chi connectivity index (χ3n) is 12.3. The Balaban J connectivity index is 0.988. The van der Waals surface area contributed by atoms with Crippen LogP contribution in [-0.2, 0) is 0 Å². The van der Waals surface area contributed by atoms with Gasteiger partial charge in [-0.2, -0.15) is 0 Å². The molecule has 13 aromatic rings. The first-order valence-corrected chi connectivity index (χ1v) is 19.6. The second-order valence-electron chi connectivity index (χ2n) is 15.3. The molecule has 264 valence electrons. The molecule has 0 bridgehead atoms. The molecule has 57 heavy (non-hydrogen) atoms. The van der Waals surface area contributed by atoms with Gasteiger partial charge in [0.25, 0.3) is 0 Å². The summed E-state index contributed by atoms with van der Waals surface area (Å²) in [5.74, 6) is 0. The molecular formula is C54H32N2O. The van der Waals surface area contributed by atoms with Crippen LogP contribution >= 0.6 is 0 Å². The third kappa shape index (κ3) is 4.31. The minimum atomic E-state index is 0.905. The van der Waals surface area contributed by atoms with Crippen molar-refractivity contribution in [1.29, 1.82) is 0 Å². The fourth-order valence-corrected chi connectivity index (χ4v) is 9.75. The molecule has 0 saturated heterocycles. The molecule has 0 amide bonds. The highest BCUT2D eigenvalue weighted by atomic mass is 16.3. The van der Waals surface area contributed by atoms with Crippen molar-refractivity contribution in [3.63, 3.8) is 0 Å². The number of furan rings is 1. The molecule has 0 aliphatic heterocycles. The maximum Gasteiger partial charge on any atom is 0.135 e. The van der Waals surface area contributed by atoms with Crippen molar-refractivity contribution in [2.45, 2.75) is 0 Å². The molecule has 0 atom stereocenters. The number of benzene rings is 10. The van der Waals surface area contributed by atoms with Gasteiger partial charge in [0.15, 0.2) is 0 Å². The standard InChI is InChI=1S/C54H32N2O/c1-2-13-39-37(11-1)38-12-3-4-14-40(38)45-31-35(23-25-41(39)45)55-49-18-8-5-15-42(49)46-29-33(21-26-51(46)55)34-22-27-52-47(30-34)43-16-6-9-19-50(43)56(52)36-24-28-54-48(32-36)44-17-7-10-20-53(44)57-54/h1-32H. The van der Waals surface area contributed by atoms with Crippen molar-refractivity contribution in [2.75, 3.05) is 0 Å². The van der Waals surface area contributed by atoms with Crippen LogP contribution in [0.1, 0.15) is 0 Å². The normalized spacial score (nSPS) is 12.2. The number of hydrogen-bond acceptors (Lipinski definition) is 1. The fraction of sp³-hybridized carbons (Fsp3) is 0. The van der Waals surface area contributed by atoms with E-state index >= 15 is 0 Å². The van der Waals surface area contributed by atoms with Crippen molar-refractivity contribution >= 4 is 97.9 Å². The quantitative estimate of drug-likeness (QED) is 0.166. The lowest BCUT2D eigenvalue weighted by molar-refractivity contribution is 0.669. The molecule has 0 spiro atoms. The third-order valence-corrected chi connectivity index (χ3v) is 12.3. The fourth-order valence-electron chi connectivity index (χ4n) is 9.75. The molecule has 0 fully saturated rings. The summed E-state index contributed by atoms with van der Waals surface area (Å²) in [6.45, 7) is 0. The van der Waals surface area contributed by atoms with E-state index in [1.165, 1.54) is 87.1 Å². The number of rotatable bonds is 3. The summed E-state index contributed by atoms with van der Waals surface area (Å²) in [4.78, 5) is 0. The molecule has 3 heterocycles. The number of para-hydroxylation sites is 3. The van der Waals surface area contributed by atoms with Gasteiger partial charge >= 0.3 is 0 Å². The summed E-state index contributed by atoms with van der Waals surface area (Å²) in [5, 5.41) is 14.9. The largest absolute Gasteiger partial charge is 0.456 e. The van der Waals surface area contributed by atoms with Crippen molar-refractivity contribution in [3.05, 3.63) is 194 Å². The Kier molecular flexibility index (Phi) is 6.16. The summed E-state index contributed by atoms with van der Waals surface area (Å²) in [6, 6.07) is 70.9. The van der Waals surface area contributed by atoms with Crippen LogP contribution in [0.5, 0.6) is 0 Å². The Morgan fingerprint density at radius 3 is 1.23 bits per heavy atom. The molecular weight excluding hydrogens is 693 g/mol. The molecule has 0 aliphatic carbocycles. The van der Waals surface area contributed by atoms with E-state index in [9.17, 15) is 0 Å². The van der Waals surface area contributed by atoms with Gasteiger partial charge in [0.1, 0.15) is 11.2 Å². The smallest absolute Gasteiger partial charge is 0.135 e. The second-order valence-corrected chi connectivity index (χ2v) is 15.3. The molecule has 0 N–H and O–H groups in total. The van der Waals surface area contributed by atoms with Gasteiger partial charge in [0, 0.05) is 43.7 Å². The van der Waals surface area contributed by atoms with Crippen LogP contribution < -0.4 is 0 Å². The molecule has 0 aliphatic rings. The molecule has 3 heteroatoms. The predicted molar refractivity (Wildman–Crippen MR) is 240 cm³/mol. The van der Waals surface area contributed by atoms with Gasteiger partial charge in [-0.15, -0.1) is 0 Å². The van der Waals surface area contributed by atoms with Crippen LogP contribution in [-0.4, -0.2) is 9.13 Å². The first-order valence-electron chi connectivity index (χ1n) is 19.6. The van der Waals surface area contributed by atoms with Crippen LogP contribution in [0.15, 0.2) is 199 Å². The van der Waals surface area contributed by atoms with Crippen LogP contribution in [0.3, 0.4) is 0 Å². The Morgan fingerprint density at radius 2 is 0.649 bits per heavy atom. The second kappa shape index (κ2) is 11.5. The Labute approximate surface area is 326 Å². The lowest BCUT2D eigenvalue weighted by Gasteiger charge is -2.14. The van der Waals surface area contributed by atoms with Crippen molar-refractivity contribution < 1.29 is 4.42 Å². The maximum atomic E-state index is 6.18. The van der Waals surface area contributed by atoms with Gasteiger partial charge in [-0.3, -0.25) is 0 Å². The molecule has 0 radical (unpaired) electrons. The summed E-state index contributed by atoms with van der Waals surface area (Å²) in [6.07, 6.45) is 0. The summed E-state index contributed by atoms with van der Waals surface area (Å²) in [7, 11) is 0. The highest BCUT2D eigenvalue weighted by Crippen LogP contribution is 2.41. The van der Waals surface area contributed by atoms with Gasteiger partial charge < -0.3 is 13.6 Å². The molecule has 0 saturated carbocycles. The van der Waals surface area contributed by atoms with E-state index < -0.39 is 0 Å². The van der Waals surface area contributed by atoms with E-state index in [0.29, 0.717) is 0 Å². The highest BCUT2D eigenvalue weighted by Gasteiger charge is 2.18. The Hall–Kier alpha value is -7.62. The highest BCUT2D eigenvalue weighted by molar-refractivity contribution is 6.26. The van der Waals surface area contributed by atoms with Crippen molar-refractivity contribution in [3.8, 4) is 22.5 Å². The van der Waals surface area contributed by atoms with Gasteiger partial charge in [0.2, 0.25) is 0 Å². The van der Waals surface area contributed by atoms with Gasteiger partial charge in [-0.1, -0.05) is 121 Å². The molecule has 10 aromatic carbocycles. The number of aromatic nitrogens is 2. The van der Waals surface area contributed by atoms with Gasteiger partial charge in [0.05, 0.1) is 22.1 Å². The van der Waals surface area contributed by atoms with Gasteiger partial charge in [-0.25, -0.2) is 0 Å². The van der Waals surface area contributed by atoms with Crippen molar-refractivity contribution in [2.24, 2.45) is 0 Å². The zero-order valence-corrected chi connectivity index (χ0v) is 30.8. The Morgan fingerprint density at radius 1 is 0.246 bits per heavy atom. The van der Waals surface area contributed by atoms with Crippen LogP contribution in [0.2, 0.25) is 0 Å². The summed E-state index contributed by atoms with van der Waals surface area (Å²) >= 11 is 0. The first kappa shape index (κ1) is 30.7. The maximum absolute atomic E-state index is 6.18. The van der Waals surface area contributed by atoms with Crippen LogP contribution in [0.25, 0.3) is 120 Å². The zero-order valence-electron chi connectivity index (χ0n) is 30.8. The summed E-state index contributed by atoms with van der Waals surface area (Å²) in [5.41, 5.74) is 11.3. The van der Waals surface area contributed by atoms with Crippen molar-refractivity contribution in [1.82, 2.24) is 9.13 Å². The first-order chi connectivity index (χ1) is 28.3. The minimum absolute atomic E-state index is 0.905. The van der Waals surface area contributed by atoms with E-state index in [0.717, 1.165) is 33.3 Å². The lowest BCUT2D eigenvalue weighted by atomic mass is 9.94. The summed E-state index contributed by atoms with van der Waals surface area (Å²) < 4.78 is 11.0. The predicted octanol–water partition coefficient (Wildman–Crippen LogP) is 14.9. The zero-order chi connectivity index (χ0) is 37.2. The molecule has 0 unspecified atom stereocenters. The van der Waals surface area contributed by atoms with E-state index in [4.69, 9.17) is 4.42 Å². The average molecular weight is 725 g/mol. The van der Waals surface area contributed by atoms with Gasteiger partial charge in [-0.05, 0) is 116 Å². The van der Waals surface area contributed by atoms with E-state index in [2.05, 4.69) is 191 Å². The molecule has 3 nitrogen and oxygen atoms in total. The van der Waals surface area contributed by atoms with Crippen LogP contribution in [0, 0.1) is 0 Å².